The third-order valence-corrected chi connectivity index (χ3v) is 3.89. The molecule has 2 aromatic rings. The molecular weight excluding hydrogens is 296 g/mol. The van der Waals surface area contributed by atoms with Crippen molar-refractivity contribution < 1.29 is 14.1 Å². The van der Waals surface area contributed by atoms with Crippen molar-refractivity contribution in [2.24, 2.45) is 0 Å². The molecule has 1 aliphatic heterocycles. The van der Waals surface area contributed by atoms with Crippen LogP contribution in [-0.4, -0.2) is 51.7 Å². The van der Waals surface area contributed by atoms with Gasteiger partial charge in [-0.25, -0.2) is 0 Å². The maximum Gasteiger partial charge on any atom is 0.227 e. The van der Waals surface area contributed by atoms with Gasteiger partial charge in [0.25, 0.3) is 0 Å². The Labute approximate surface area is 134 Å². The summed E-state index contributed by atoms with van der Waals surface area (Å²) in [6.45, 7) is 3.99. The number of rotatable bonds is 5. The van der Waals surface area contributed by atoms with Crippen LogP contribution in [0.3, 0.4) is 0 Å². The first-order valence-electron chi connectivity index (χ1n) is 7.88. The lowest BCUT2D eigenvalue weighted by atomic mass is 10.2. The highest BCUT2D eigenvalue weighted by molar-refractivity contribution is 5.76. The first-order valence-corrected chi connectivity index (χ1v) is 7.88. The van der Waals surface area contributed by atoms with Crippen molar-refractivity contribution in [3.05, 3.63) is 30.4 Å². The van der Waals surface area contributed by atoms with Crippen molar-refractivity contribution in [1.29, 1.82) is 0 Å². The first kappa shape index (κ1) is 15.6. The summed E-state index contributed by atoms with van der Waals surface area (Å²) < 4.78 is 10.8. The summed E-state index contributed by atoms with van der Waals surface area (Å²) in [7, 11) is 0. The fourth-order valence-corrected chi connectivity index (χ4v) is 2.53. The molecule has 1 fully saturated rings. The molecule has 3 rings (SSSR count). The van der Waals surface area contributed by atoms with Gasteiger partial charge in [-0.2, -0.15) is 4.98 Å². The number of nitrogens with zero attached hydrogens (tertiary/aromatic N) is 4. The van der Waals surface area contributed by atoms with E-state index in [1.807, 2.05) is 17.0 Å². The minimum atomic E-state index is 0.105. The second-order valence-corrected chi connectivity index (χ2v) is 5.49. The molecule has 122 valence electrons. The standard InChI is InChI=1S/C16H20N4O3/c1-2-13-11-20(8-9-22-13)15(21)6-5-14-18-16(19-23-14)12-4-3-7-17-10-12/h3-4,7,10,13H,2,5-6,8-9,11H2,1H3. The fourth-order valence-electron chi connectivity index (χ4n) is 2.53. The molecule has 0 spiro atoms. The van der Waals surface area contributed by atoms with Crippen molar-refractivity contribution in [3.63, 3.8) is 0 Å². The molecular formula is C16H20N4O3. The number of ether oxygens (including phenoxy) is 1. The Morgan fingerprint density at radius 1 is 1.48 bits per heavy atom. The predicted octanol–water partition coefficient (Wildman–Crippen LogP) is 1.70. The van der Waals surface area contributed by atoms with E-state index in [0.29, 0.717) is 44.3 Å². The van der Waals surface area contributed by atoms with Crippen LogP contribution in [-0.2, 0) is 16.0 Å². The molecule has 23 heavy (non-hydrogen) atoms. The smallest absolute Gasteiger partial charge is 0.227 e. The molecule has 1 atom stereocenters. The van der Waals surface area contributed by atoms with Crippen molar-refractivity contribution in [2.75, 3.05) is 19.7 Å². The summed E-state index contributed by atoms with van der Waals surface area (Å²) in [5, 5.41) is 3.93. The van der Waals surface area contributed by atoms with Gasteiger partial charge in [-0.05, 0) is 18.6 Å². The van der Waals surface area contributed by atoms with Gasteiger partial charge in [0.15, 0.2) is 0 Å². The highest BCUT2D eigenvalue weighted by atomic mass is 16.5. The Hall–Kier alpha value is -2.28. The number of hydrogen-bond donors (Lipinski definition) is 0. The van der Waals surface area contributed by atoms with Crippen molar-refractivity contribution >= 4 is 5.91 Å². The minimum absolute atomic E-state index is 0.105. The van der Waals surface area contributed by atoms with Crippen molar-refractivity contribution in [3.8, 4) is 11.4 Å². The van der Waals surface area contributed by atoms with Crippen LogP contribution in [0.5, 0.6) is 0 Å². The minimum Gasteiger partial charge on any atom is -0.375 e. The summed E-state index contributed by atoms with van der Waals surface area (Å²) in [5.41, 5.74) is 0.799. The molecule has 1 aliphatic rings. The fraction of sp³-hybridized carbons (Fsp3) is 0.500. The summed E-state index contributed by atoms with van der Waals surface area (Å²) in [5.74, 6) is 1.07. The zero-order valence-corrected chi connectivity index (χ0v) is 13.1. The van der Waals surface area contributed by atoms with E-state index in [9.17, 15) is 4.79 Å². The second-order valence-electron chi connectivity index (χ2n) is 5.49. The SMILES string of the molecule is CCC1CN(C(=O)CCc2nc(-c3cccnc3)no2)CCO1. The summed E-state index contributed by atoms with van der Waals surface area (Å²) >= 11 is 0. The topological polar surface area (TPSA) is 81.4 Å². The van der Waals surface area contributed by atoms with Crippen LogP contribution in [0.4, 0.5) is 0 Å². The van der Waals surface area contributed by atoms with Gasteiger partial charge >= 0.3 is 0 Å². The number of amides is 1. The van der Waals surface area contributed by atoms with E-state index in [0.717, 1.165) is 12.0 Å². The van der Waals surface area contributed by atoms with Crippen LogP contribution in [0, 0.1) is 0 Å². The molecule has 1 amide bonds. The van der Waals surface area contributed by atoms with Gasteiger partial charge in [-0.3, -0.25) is 9.78 Å². The number of carbonyl (C=O) groups excluding carboxylic acids is 1. The largest absolute Gasteiger partial charge is 0.375 e. The third-order valence-electron chi connectivity index (χ3n) is 3.89. The van der Waals surface area contributed by atoms with Gasteiger partial charge in [0, 0.05) is 43.9 Å². The van der Waals surface area contributed by atoms with E-state index >= 15 is 0 Å². The summed E-state index contributed by atoms with van der Waals surface area (Å²) in [4.78, 5) is 22.5. The molecule has 0 bridgehead atoms. The predicted molar refractivity (Wildman–Crippen MR) is 82.5 cm³/mol. The van der Waals surface area contributed by atoms with Crippen LogP contribution >= 0.6 is 0 Å². The van der Waals surface area contributed by atoms with Crippen molar-refractivity contribution in [1.82, 2.24) is 20.0 Å². The average Bonchev–Trinajstić information content (AvgIpc) is 3.09. The van der Waals surface area contributed by atoms with Crippen LogP contribution in [0.2, 0.25) is 0 Å². The molecule has 3 heterocycles. The van der Waals surface area contributed by atoms with Gasteiger partial charge < -0.3 is 14.2 Å². The van der Waals surface area contributed by atoms with E-state index in [1.165, 1.54) is 0 Å². The van der Waals surface area contributed by atoms with E-state index in [1.54, 1.807) is 12.4 Å². The molecule has 1 saturated heterocycles. The molecule has 0 radical (unpaired) electrons. The van der Waals surface area contributed by atoms with Gasteiger partial charge in [-0.15, -0.1) is 0 Å². The Kier molecular flexibility index (Phi) is 4.97. The summed E-state index contributed by atoms with van der Waals surface area (Å²) in [6.07, 6.45) is 5.24. The molecule has 0 aromatic carbocycles. The Bertz CT molecular complexity index is 644. The van der Waals surface area contributed by atoms with E-state index in [2.05, 4.69) is 22.0 Å². The van der Waals surface area contributed by atoms with Gasteiger partial charge in [0.1, 0.15) is 0 Å². The van der Waals surface area contributed by atoms with Crippen LogP contribution in [0.15, 0.2) is 29.0 Å². The number of hydrogen-bond acceptors (Lipinski definition) is 6. The van der Waals surface area contributed by atoms with Crippen LogP contribution in [0.1, 0.15) is 25.7 Å². The second kappa shape index (κ2) is 7.32. The zero-order chi connectivity index (χ0) is 16.1. The van der Waals surface area contributed by atoms with Crippen LogP contribution in [0.25, 0.3) is 11.4 Å². The number of pyridine rings is 1. The zero-order valence-electron chi connectivity index (χ0n) is 13.1. The lowest BCUT2D eigenvalue weighted by molar-refractivity contribution is -0.138. The molecule has 7 heteroatoms. The molecule has 0 aliphatic carbocycles. The number of aryl methyl sites for hydroxylation is 1. The Balaban J connectivity index is 1.54. The molecule has 0 N–H and O–H groups in total. The van der Waals surface area contributed by atoms with Gasteiger partial charge in [0.05, 0.1) is 12.7 Å². The van der Waals surface area contributed by atoms with E-state index in [4.69, 9.17) is 9.26 Å². The summed E-state index contributed by atoms with van der Waals surface area (Å²) in [6, 6.07) is 3.68. The van der Waals surface area contributed by atoms with Crippen molar-refractivity contribution in [2.45, 2.75) is 32.3 Å². The lowest BCUT2D eigenvalue weighted by Crippen LogP contribution is -2.45. The molecule has 0 saturated carbocycles. The quantitative estimate of drug-likeness (QED) is 0.835. The molecule has 7 nitrogen and oxygen atoms in total. The first-order chi connectivity index (χ1) is 11.3. The number of carbonyl (C=O) groups is 1. The highest BCUT2D eigenvalue weighted by Crippen LogP contribution is 2.15. The van der Waals surface area contributed by atoms with E-state index < -0.39 is 0 Å². The lowest BCUT2D eigenvalue weighted by Gasteiger charge is -2.32. The molecule has 1 unspecified atom stereocenters. The third kappa shape index (κ3) is 3.92. The van der Waals surface area contributed by atoms with Crippen LogP contribution < -0.4 is 0 Å². The highest BCUT2D eigenvalue weighted by Gasteiger charge is 2.23. The average molecular weight is 316 g/mol. The van der Waals surface area contributed by atoms with Gasteiger partial charge in [-0.1, -0.05) is 12.1 Å². The Morgan fingerprint density at radius 2 is 2.39 bits per heavy atom. The maximum atomic E-state index is 12.3. The van der Waals surface area contributed by atoms with Gasteiger partial charge in [0.2, 0.25) is 17.6 Å². The maximum absolute atomic E-state index is 12.3. The number of morpholine rings is 1. The monoisotopic (exact) mass is 316 g/mol. The van der Waals surface area contributed by atoms with E-state index in [-0.39, 0.29) is 12.0 Å². The Morgan fingerprint density at radius 3 is 3.17 bits per heavy atom. The number of aromatic nitrogens is 3. The molecule has 2 aromatic heterocycles. The normalized spacial score (nSPS) is 18.1.